The second kappa shape index (κ2) is 7.58. The van der Waals surface area contributed by atoms with Crippen LogP contribution >= 0.6 is 0 Å². The second-order valence-corrected chi connectivity index (χ2v) is 7.02. The molecule has 1 spiro atoms. The van der Waals surface area contributed by atoms with E-state index in [2.05, 4.69) is 25.1 Å². The van der Waals surface area contributed by atoms with E-state index in [0.29, 0.717) is 31.5 Å². The second-order valence-electron chi connectivity index (χ2n) is 7.02. The van der Waals surface area contributed by atoms with Crippen LogP contribution < -0.4 is 15.3 Å². The van der Waals surface area contributed by atoms with E-state index in [1.807, 2.05) is 0 Å². The molecule has 0 unspecified atom stereocenters. The van der Waals surface area contributed by atoms with Gasteiger partial charge in [-0.05, 0) is 12.8 Å². The number of rotatable bonds is 4. The number of aromatic amines is 1. The first-order valence-corrected chi connectivity index (χ1v) is 9.22. The molecular formula is C17H23N7O4. The van der Waals surface area contributed by atoms with Crippen molar-refractivity contribution in [3.8, 4) is 5.88 Å². The highest BCUT2D eigenvalue weighted by atomic mass is 16.5. The number of anilines is 1. The van der Waals surface area contributed by atoms with Crippen molar-refractivity contribution in [2.24, 2.45) is 0 Å². The van der Waals surface area contributed by atoms with Crippen LogP contribution in [0.5, 0.6) is 5.88 Å². The molecule has 2 aliphatic heterocycles. The van der Waals surface area contributed by atoms with Gasteiger partial charge in [0.05, 0.1) is 19.3 Å². The third-order valence-electron chi connectivity index (χ3n) is 5.31. The van der Waals surface area contributed by atoms with E-state index >= 15 is 0 Å². The Labute approximate surface area is 161 Å². The minimum absolute atomic E-state index is 0.0187. The molecule has 0 aliphatic carbocycles. The number of hydrogen-bond donors (Lipinski definition) is 1. The number of hydrogen-bond acceptors (Lipinski definition) is 8. The Morgan fingerprint density at radius 3 is 2.89 bits per heavy atom. The maximum absolute atomic E-state index is 12.6. The Balaban J connectivity index is 1.38. The fraction of sp³-hybridized carbons (Fsp3) is 0.588. The third kappa shape index (κ3) is 3.70. The van der Waals surface area contributed by atoms with Gasteiger partial charge in [0.15, 0.2) is 0 Å². The quantitative estimate of drug-likeness (QED) is 0.727. The highest BCUT2D eigenvalue weighted by Gasteiger charge is 2.41. The fourth-order valence-electron chi connectivity index (χ4n) is 3.70. The summed E-state index contributed by atoms with van der Waals surface area (Å²) in [4.78, 5) is 36.8. The molecule has 11 heteroatoms. The predicted molar refractivity (Wildman–Crippen MR) is 98.1 cm³/mol. The van der Waals surface area contributed by atoms with Crippen LogP contribution in [0.25, 0.3) is 0 Å². The number of morpholine rings is 1. The molecule has 2 saturated heterocycles. The zero-order valence-corrected chi connectivity index (χ0v) is 15.7. The van der Waals surface area contributed by atoms with Crippen LogP contribution in [0.1, 0.15) is 12.8 Å². The van der Waals surface area contributed by atoms with E-state index in [0.717, 1.165) is 25.9 Å². The predicted octanol–water partition coefficient (Wildman–Crippen LogP) is -0.732. The van der Waals surface area contributed by atoms with Crippen molar-refractivity contribution >= 4 is 11.9 Å². The number of nitrogens with zero attached hydrogens (tertiary/aromatic N) is 6. The van der Waals surface area contributed by atoms with E-state index in [4.69, 9.17) is 9.47 Å². The highest BCUT2D eigenvalue weighted by Crippen LogP contribution is 2.31. The summed E-state index contributed by atoms with van der Waals surface area (Å²) in [5.74, 6) is 1.06. The van der Waals surface area contributed by atoms with E-state index in [1.54, 1.807) is 24.3 Å². The number of carbonyl (C=O) groups excluding carboxylic acids is 1. The molecule has 2 fully saturated rings. The topological polar surface area (TPSA) is 118 Å². The summed E-state index contributed by atoms with van der Waals surface area (Å²) in [7, 11) is 1.58. The molecule has 4 heterocycles. The van der Waals surface area contributed by atoms with Gasteiger partial charge in [-0.25, -0.2) is 14.9 Å². The molecule has 1 N–H and O–H groups in total. The average Bonchev–Trinajstić information content (AvgIpc) is 3.13. The number of piperidine rings is 1. The van der Waals surface area contributed by atoms with E-state index < -0.39 is 0 Å². The lowest BCUT2D eigenvalue weighted by molar-refractivity contribution is -0.154. The van der Waals surface area contributed by atoms with Gasteiger partial charge >= 0.3 is 5.69 Å². The van der Waals surface area contributed by atoms with E-state index in [-0.39, 0.29) is 23.7 Å². The van der Waals surface area contributed by atoms with Crippen molar-refractivity contribution in [3.05, 3.63) is 29.1 Å². The zero-order chi connectivity index (χ0) is 19.6. The Bertz CT molecular complexity index is 887. The Kier molecular flexibility index (Phi) is 4.99. The first-order chi connectivity index (χ1) is 13.6. The third-order valence-corrected chi connectivity index (χ3v) is 5.31. The Morgan fingerprint density at radius 2 is 2.18 bits per heavy atom. The zero-order valence-electron chi connectivity index (χ0n) is 15.7. The molecule has 0 saturated carbocycles. The minimum Gasteiger partial charge on any atom is -0.481 e. The van der Waals surface area contributed by atoms with E-state index in [1.165, 1.54) is 10.9 Å². The number of carbonyl (C=O) groups is 1. The molecule has 1 amide bonds. The van der Waals surface area contributed by atoms with Gasteiger partial charge in [0.1, 0.15) is 12.9 Å². The van der Waals surface area contributed by atoms with Gasteiger partial charge in [0.2, 0.25) is 17.7 Å². The van der Waals surface area contributed by atoms with Crippen LogP contribution in [0.2, 0.25) is 0 Å². The van der Waals surface area contributed by atoms with Gasteiger partial charge in [0.25, 0.3) is 0 Å². The van der Waals surface area contributed by atoms with Crippen LogP contribution in [-0.2, 0) is 16.1 Å². The normalized spacial score (nSPS) is 19.0. The largest absolute Gasteiger partial charge is 0.481 e. The molecule has 0 aromatic carbocycles. The Hall–Kier alpha value is -2.95. The van der Waals surface area contributed by atoms with Crippen LogP contribution in [0.15, 0.2) is 23.4 Å². The van der Waals surface area contributed by atoms with Crippen LogP contribution in [0, 0.1) is 0 Å². The first-order valence-electron chi connectivity index (χ1n) is 9.22. The SMILES string of the molecule is COc1ccnc(N2CCC3(CC2)CN(C(=O)Cn2cn[nH]c2=O)CCO3)n1. The van der Waals surface area contributed by atoms with Gasteiger partial charge in [-0.2, -0.15) is 10.1 Å². The molecule has 11 nitrogen and oxygen atoms in total. The first kappa shape index (κ1) is 18.4. The number of ether oxygens (including phenoxy) is 2. The van der Waals surface area contributed by atoms with Crippen molar-refractivity contribution in [2.45, 2.75) is 25.0 Å². The van der Waals surface area contributed by atoms with Crippen molar-refractivity contribution in [1.82, 2.24) is 29.6 Å². The van der Waals surface area contributed by atoms with Crippen molar-refractivity contribution in [3.63, 3.8) is 0 Å². The van der Waals surface area contributed by atoms with Crippen molar-refractivity contribution in [1.29, 1.82) is 0 Å². The standard InChI is InChI=1S/C17H23N7O4/c1-27-13-2-5-18-15(20-13)22-6-3-17(4-7-22)11-23(8-9-28-17)14(25)10-24-12-19-21-16(24)26/h2,5,12H,3-4,6-11H2,1H3,(H,21,26). The number of aromatic nitrogens is 5. The van der Waals surface area contributed by atoms with Crippen LogP contribution in [0.4, 0.5) is 5.95 Å². The Morgan fingerprint density at radius 1 is 1.36 bits per heavy atom. The lowest BCUT2D eigenvalue weighted by Gasteiger charge is -2.47. The maximum Gasteiger partial charge on any atom is 0.343 e. The summed E-state index contributed by atoms with van der Waals surface area (Å²) in [6.07, 6.45) is 4.55. The molecular weight excluding hydrogens is 366 g/mol. The molecule has 0 radical (unpaired) electrons. The van der Waals surface area contributed by atoms with Gasteiger partial charge in [-0.1, -0.05) is 0 Å². The summed E-state index contributed by atoms with van der Waals surface area (Å²) in [6, 6.07) is 1.72. The summed E-state index contributed by atoms with van der Waals surface area (Å²) in [6.45, 7) is 2.98. The fourth-order valence-corrected chi connectivity index (χ4v) is 3.70. The monoisotopic (exact) mass is 389 g/mol. The summed E-state index contributed by atoms with van der Waals surface area (Å²) in [5.41, 5.74) is -0.757. The van der Waals surface area contributed by atoms with Gasteiger partial charge < -0.3 is 19.3 Å². The lowest BCUT2D eigenvalue weighted by Crippen LogP contribution is -2.58. The molecule has 2 aromatic rings. The van der Waals surface area contributed by atoms with Crippen LogP contribution in [-0.4, -0.2) is 81.0 Å². The number of amides is 1. The molecule has 4 rings (SSSR count). The molecule has 150 valence electrons. The van der Waals surface area contributed by atoms with Gasteiger partial charge in [0, 0.05) is 38.4 Å². The summed E-state index contributed by atoms with van der Waals surface area (Å²) >= 11 is 0. The molecule has 0 bridgehead atoms. The number of nitrogens with one attached hydrogen (secondary N) is 1. The lowest BCUT2D eigenvalue weighted by atomic mass is 9.89. The summed E-state index contributed by atoms with van der Waals surface area (Å²) < 4.78 is 12.5. The molecule has 28 heavy (non-hydrogen) atoms. The number of methoxy groups -OCH3 is 1. The summed E-state index contributed by atoms with van der Waals surface area (Å²) in [5, 5.41) is 5.95. The maximum atomic E-state index is 12.6. The van der Waals surface area contributed by atoms with Crippen molar-refractivity contribution in [2.75, 3.05) is 44.8 Å². The molecule has 2 aliphatic rings. The van der Waals surface area contributed by atoms with Crippen molar-refractivity contribution < 1.29 is 14.3 Å². The smallest absolute Gasteiger partial charge is 0.343 e. The molecule has 2 aromatic heterocycles. The van der Waals surface area contributed by atoms with E-state index in [9.17, 15) is 9.59 Å². The van der Waals surface area contributed by atoms with Gasteiger partial charge in [-0.15, -0.1) is 0 Å². The average molecular weight is 389 g/mol. The number of H-pyrrole nitrogens is 1. The van der Waals surface area contributed by atoms with Gasteiger partial charge in [-0.3, -0.25) is 9.36 Å². The van der Waals surface area contributed by atoms with Crippen LogP contribution in [0.3, 0.4) is 0 Å². The minimum atomic E-state index is -0.386. The highest BCUT2D eigenvalue weighted by molar-refractivity contribution is 5.76. The molecule has 0 atom stereocenters.